The maximum absolute atomic E-state index is 13.3. The smallest absolute Gasteiger partial charge is 0.284 e. The van der Waals surface area contributed by atoms with Gasteiger partial charge in [0.05, 0.1) is 4.90 Å². The normalized spacial score (nSPS) is 16.1. The summed E-state index contributed by atoms with van der Waals surface area (Å²) in [5.41, 5.74) is 1.85. The summed E-state index contributed by atoms with van der Waals surface area (Å²) in [5.74, 6) is 1.43. The Kier molecular flexibility index (Phi) is 7.59. The van der Waals surface area contributed by atoms with E-state index < -0.39 is 15.8 Å². The van der Waals surface area contributed by atoms with Crippen molar-refractivity contribution in [2.24, 2.45) is 4.40 Å². The highest BCUT2D eigenvalue weighted by Gasteiger charge is 2.24. The lowest BCUT2D eigenvalue weighted by Crippen LogP contribution is -2.48. The molecule has 184 valence electrons. The van der Waals surface area contributed by atoms with Crippen molar-refractivity contribution in [3.63, 3.8) is 0 Å². The molecule has 2 aliphatic rings. The summed E-state index contributed by atoms with van der Waals surface area (Å²) < 4.78 is 54.3. The van der Waals surface area contributed by atoms with Gasteiger partial charge in [0, 0.05) is 38.3 Å². The Balaban J connectivity index is 0.00000289. The van der Waals surface area contributed by atoms with Gasteiger partial charge in [-0.05, 0) is 42.0 Å². The second kappa shape index (κ2) is 10.6. The molecule has 0 bridgehead atoms. The van der Waals surface area contributed by atoms with Gasteiger partial charge in [0.2, 0.25) is 6.79 Å². The molecule has 5 rings (SSSR count). The number of benzene rings is 3. The van der Waals surface area contributed by atoms with Gasteiger partial charge in [0.15, 0.2) is 11.5 Å². The molecule has 1 fully saturated rings. The van der Waals surface area contributed by atoms with E-state index in [0.29, 0.717) is 18.9 Å². The van der Waals surface area contributed by atoms with E-state index >= 15 is 0 Å². The zero-order valence-electron chi connectivity index (χ0n) is 18.8. The minimum Gasteiger partial charge on any atom is -0.454 e. The second-order valence-electron chi connectivity index (χ2n) is 8.16. The summed E-state index contributed by atoms with van der Waals surface area (Å²) in [7, 11) is -4.00. The third-order valence-corrected chi connectivity index (χ3v) is 7.15. The molecular weight excluding hydrogens is 493 g/mol. The molecule has 2 aliphatic heterocycles. The Labute approximate surface area is 210 Å². The molecule has 0 unspecified atom stereocenters. The topological polar surface area (TPSA) is 71.4 Å². The number of nitrogens with zero attached hydrogens (tertiary/aromatic N) is 3. The van der Waals surface area contributed by atoms with Crippen molar-refractivity contribution in [2.75, 3.05) is 33.0 Å². The predicted molar refractivity (Wildman–Crippen MR) is 133 cm³/mol. The quantitative estimate of drug-likeness (QED) is 0.377. The lowest BCUT2D eigenvalue weighted by atomic mass is 10.1. The predicted octanol–water partition coefficient (Wildman–Crippen LogP) is 3.93. The van der Waals surface area contributed by atoms with Crippen molar-refractivity contribution in [3.05, 3.63) is 89.7 Å². The number of piperazine rings is 1. The molecule has 0 atom stereocenters. The molecule has 0 N–H and O–H groups in total. The van der Waals surface area contributed by atoms with Gasteiger partial charge in [-0.2, -0.15) is 8.42 Å². The molecule has 0 spiro atoms. The Morgan fingerprint density at radius 1 is 0.886 bits per heavy atom. The first-order chi connectivity index (χ1) is 16.5. The highest BCUT2D eigenvalue weighted by Crippen LogP contribution is 2.33. The second-order valence-corrected chi connectivity index (χ2v) is 9.76. The first-order valence-corrected chi connectivity index (χ1v) is 12.4. The van der Waals surface area contributed by atoms with Crippen LogP contribution in [-0.4, -0.2) is 57.0 Å². The van der Waals surface area contributed by atoms with E-state index in [1.54, 1.807) is 0 Å². The molecule has 10 heteroatoms. The molecule has 35 heavy (non-hydrogen) atoms. The summed E-state index contributed by atoms with van der Waals surface area (Å²) in [6, 6.07) is 20.0. The van der Waals surface area contributed by atoms with Crippen molar-refractivity contribution in [3.8, 4) is 11.5 Å². The third-order valence-electron chi connectivity index (χ3n) is 5.87. The van der Waals surface area contributed by atoms with Crippen molar-refractivity contribution in [1.82, 2.24) is 9.80 Å². The SMILES string of the molecule is Cl.O=S(=O)(N=C(c1ccccc1)N1CCN(Cc2ccc3c(c2)OCO3)CC1)c1ccc(F)cc1. The van der Waals surface area contributed by atoms with Gasteiger partial charge in [-0.1, -0.05) is 36.4 Å². The number of rotatable bonds is 5. The fraction of sp³-hybridized carbons (Fsp3) is 0.240. The van der Waals surface area contributed by atoms with Crippen LogP contribution in [0.25, 0.3) is 0 Å². The summed E-state index contributed by atoms with van der Waals surface area (Å²) in [6.45, 7) is 3.75. The average molecular weight is 518 g/mol. The number of sulfonamides is 1. The molecule has 7 nitrogen and oxygen atoms in total. The van der Waals surface area contributed by atoms with Crippen LogP contribution in [0.4, 0.5) is 4.39 Å². The highest BCUT2D eigenvalue weighted by atomic mass is 35.5. The number of ether oxygens (including phenoxy) is 2. The van der Waals surface area contributed by atoms with Gasteiger partial charge in [-0.25, -0.2) is 4.39 Å². The molecule has 0 aliphatic carbocycles. The first kappa shape index (κ1) is 25.0. The number of amidine groups is 1. The third kappa shape index (κ3) is 5.75. The monoisotopic (exact) mass is 517 g/mol. The zero-order chi connectivity index (χ0) is 23.5. The van der Waals surface area contributed by atoms with Crippen LogP contribution in [-0.2, 0) is 16.6 Å². The lowest BCUT2D eigenvalue weighted by Gasteiger charge is -2.36. The summed E-state index contributed by atoms with van der Waals surface area (Å²) in [5, 5.41) is 0. The zero-order valence-corrected chi connectivity index (χ0v) is 20.5. The van der Waals surface area contributed by atoms with E-state index in [0.717, 1.165) is 54.4 Å². The Morgan fingerprint density at radius 2 is 1.57 bits per heavy atom. The summed E-state index contributed by atoms with van der Waals surface area (Å²) >= 11 is 0. The van der Waals surface area contributed by atoms with Crippen LogP contribution in [0.1, 0.15) is 11.1 Å². The summed E-state index contributed by atoms with van der Waals surface area (Å²) in [4.78, 5) is 4.27. The maximum Gasteiger partial charge on any atom is 0.284 e. The number of hydrogen-bond donors (Lipinski definition) is 0. The minimum atomic E-state index is -4.00. The van der Waals surface area contributed by atoms with Crippen LogP contribution >= 0.6 is 12.4 Å². The molecule has 2 heterocycles. The van der Waals surface area contributed by atoms with Gasteiger partial charge < -0.3 is 14.4 Å². The van der Waals surface area contributed by atoms with Crippen molar-refractivity contribution in [1.29, 1.82) is 0 Å². The van der Waals surface area contributed by atoms with E-state index in [1.165, 1.54) is 12.1 Å². The largest absolute Gasteiger partial charge is 0.454 e. The van der Waals surface area contributed by atoms with E-state index in [2.05, 4.69) is 9.30 Å². The van der Waals surface area contributed by atoms with Crippen LogP contribution in [0.3, 0.4) is 0 Å². The Morgan fingerprint density at radius 3 is 2.29 bits per heavy atom. The Bertz CT molecular complexity index is 1300. The first-order valence-electron chi connectivity index (χ1n) is 11.0. The van der Waals surface area contributed by atoms with Gasteiger partial charge in [-0.15, -0.1) is 16.8 Å². The molecular formula is C25H25ClFN3O4S. The molecule has 1 saturated heterocycles. The van der Waals surface area contributed by atoms with Crippen LogP contribution < -0.4 is 9.47 Å². The number of fused-ring (bicyclic) bond motifs is 1. The highest BCUT2D eigenvalue weighted by molar-refractivity contribution is 7.90. The molecule has 0 radical (unpaired) electrons. The van der Waals surface area contributed by atoms with Crippen LogP contribution in [0.2, 0.25) is 0 Å². The molecule has 0 aromatic heterocycles. The number of hydrogen-bond acceptors (Lipinski definition) is 5. The van der Waals surface area contributed by atoms with E-state index in [1.807, 2.05) is 53.4 Å². The fourth-order valence-corrected chi connectivity index (χ4v) is 5.10. The standard InChI is InChI=1S/C25H24FN3O4S.ClH/c26-21-7-9-22(10-8-21)34(30,31)27-25(20-4-2-1-3-5-20)29-14-12-28(13-15-29)17-19-6-11-23-24(16-19)33-18-32-23;/h1-11,16H,12-15,17-18H2;1H. The van der Waals surface area contributed by atoms with Crippen LogP contribution in [0, 0.1) is 5.82 Å². The van der Waals surface area contributed by atoms with Crippen LogP contribution in [0.15, 0.2) is 82.1 Å². The lowest BCUT2D eigenvalue weighted by molar-refractivity contribution is 0.172. The fourth-order valence-electron chi connectivity index (χ4n) is 4.07. The summed E-state index contributed by atoms with van der Waals surface area (Å²) in [6.07, 6.45) is 0. The average Bonchev–Trinajstić information content (AvgIpc) is 3.32. The number of halogens is 2. The van der Waals surface area contributed by atoms with Gasteiger partial charge in [0.1, 0.15) is 11.7 Å². The van der Waals surface area contributed by atoms with Gasteiger partial charge >= 0.3 is 0 Å². The van der Waals surface area contributed by atoms with Gasteiger partial charge in [-0.3, -0.25) is 4.90 Å². The molecule has 3 aromatic rings. The minimum absolute atomic E-state index is 0. The van der Waals surface area contributed by atoms with E-state index in [4.69, 9.17) is 9.47 Å². The van der Waals surface area contributed by atoms with Crippen molar-refractivity contribution < 1.29 is 22.3 Å². The van der Waals surface area contributed by atoms with Gasteiger partial charge in [0.25, 0.3) is 10.0 Å². The van der Waals surface area contributed by atoms with Crippen molar-refractivity contribution >= 4 is 28.3 Å². The molecule has 3 aromatic carbocycles. The van der Waals surface area contributed by atoms with Crippen LogP contribution in [0.5, 0.6) is 11.5 Å². The van der Waals surface area contributed by atoms with E-state index in [-0.39, 0.29) is 24.1 Å². The molecule has 0 saturated carbocycles. The molecule has 0 amide bonds. The maximum atomic E-state index is 13.3. The Hall–Kier alpha value is -3.14. The van der Waals surface area contributed by atoms with Crippen molar-refractivity contribution in [2.45, 2.75) is 11.4 Å². The van der Waals surface area contributed by atoms with E-state index in [9.17, 15) is 12.8 Å².